The van der Waals surface area contributed by atoms with Gasteiger partial charge in [-0.05, 0) is 37.3 Å². The molecule has 20 heavy (non-hydrogen) atoms. The Balaban J connectivity index is 2.37. The summed E-state index contributed by atoms with van der Waals surface area (Å²) in [7, 11) is 0. The summed E-state index contributed by atoms with van der Waals surface area (Å²) in [5.74, 6) is 1.58. The fraction of sp³-hybridized carbons (Fsp3) is 0.308. The average Bonchev–Trinajstić information content (AvgIpc) is 2.79. The summed E-state index contributed by atoms with van der Waals surface area (Å²) in [6, 6.07) is 5.79. The zero-order valence-corrected chi connectivity index (χ0v) is 13.7. The molecule has 5 nitrogen and oxygen atoms in total. The van der Waals surface area contributed by atoms with Crippen LogP contribution in [0.3, 0.4) is 0 Å². The van der Waals surface area contributed by atoms with Crippen molar-refractivity contribution in [3.05, 3.63) is 38.8 Å². The van der Waals surface area contributed by atoms with E-state index >= 15 is 0 Å². The number of halogens is 1. The summed E-state index contributed by atoms with van der Waals surface area (Å²) in [6.07, 6.45) is 2.47. The van der Waals surface area contributed by atoms with E-state index in [0.29, 0.717) is 11.4 Å². The van der Waals surface area contributed by atoms with Crippen molar-refractivity contribution in [2.24, 2.45) is 5.10 Å². The molecule has 0 saturated heterocycles. The highest BCUT2D eigenvalue weighted by atomic mass is 79.9. The minimum absolute atomic E-state index is 0.478. The fourth-order valence-corrected chi connectivity index (χ4v) is 2.28. The van der Waals surface area contributed by atoms with Crippen LogP contribution in [0.15, 0.2) is 27.8 Å². The van der Waals surface area contributed by atoms with Crippen LogP contribution in [0.4, 0.5) is 0 Å². The molecule has 0 unspecified atom stereocenters. The van der Waals surface area contributed by atoms with Gasteiger partial charge in [0, 0.05) is 16.5 Å². The number of nitrogens with zero attached hydrogens (tertiary/aromatic N) is 3. The number of ether oxygens (including phenoxy) is 1. The number of rotatable bonds is 5. The molecular formula is C13H15BrN4OS. The topological polar surface area (TPSA) is 55.2 Å². The average molecular weight is 355 g/mol. The molecule has 1 aromatic carbocycles. The number of benzene rings is 1. The molecule has 0 bridgehead atoms. The second kappa shape index (κ2) is 6.81. The van der Waals surface area contributed by atoms with Crippen LogP contribution in [0, 0.1) is 4.77 Å². The van der Waals surface area contributed by atoms with Crippen molar-refractivity contribution in [3.8, 4) is 5.75 Å². The van der Waals surface area contributed by atoms with Gasteiger partial charge in [-0.3, -0.25) is 5.10 Å². The molecule has 0 amide bonds. The highest BCUT2D eigenvalue weighted by Gasteiger charge is 2.04. The molecule has 0 radical (unpaired) electrons. The number of hydrogen-bond acceptors (Lipinski definition) is 4. The van der Waals surface area contributed by atoms with Crippen molar-refractivity contribution < 1.29 is 4.74 Å². The highest BCUT2D eigenvalue weighted by molar-refractivity contribution is 9.10. The summed E-state index contributed by atoms with van der Waals surface area (Å²) in [6.45, 7) is 4.56. The van der Waals surface area contributed by atoms with Gasteiger partial charge >= 0.3 is 0 Å². The number of aromatic amines is 1. The molecule has 0 atom stereocenters. The van der Waals surface area contributed by atoms with Gasteiger partial charge in [0.2, 0.25) is 4.77 Å². The standard InChI is InChI=1S/C13H15BrN4OS/c1-3-12-16-17-13(20)18(12)15-8-9-7-10(14)5-6-11(9)19-4-2/h5-8H,3-4H2,1-2H3,(H,17,20)/b15-8+. The Morgan fingerprint density at radius 1 is 1.50 bits per heavy atom. The third-order valence-corrected chi connectivity index (χ3v) is 3.38. The summed E-state index contributed by atoms with van der Waals surface area (Å²) < 4.78 is 8.64. The first-order chi connectivity index (χ1) is 9.65. The van der Waals surface area contributed by atoms with E-state index in [1.54, 1.807) is 10.9 Å². The van der Waals surface area contributed by atoms with E-state index in [1.165, 1.54) is 0 Å². The minimum Gasteiger partial charge on any atom is -0.493 e. The summed E-state index contributed by atoms with van der Waals surface area (Å²) in [5.41, 5.74) is 0.881. The van der Waals surface area contributed by atoms with Crippen LogP contribution in [0.5, 0.6) is 5.75 Å². The van der Waals surface area contributed by atoms with Crippen molar-refractivity contribution in [2.45, 2.75) is 20.3 Å². The summed E-state index contributed by atoms with van der Waals surface area (Å²) in [5, 5.41) is 11.2. The molecule has 2 aromatic rings. The predicted molar refractivity (Wildman–Crippen MR) is 85.1 cm³/mol. The van der Waals surface area contributed by atoms with Gasteiger partial charge in [0.15, 0.2) is 5.82 Å². The second-order valence-corrected chi connectivity index (χ2v) is 5.27. The molecule has 1 heterocycles. The molecular weight excluding hydrogens is 340 g/mol. The monoisotopic (exact) mass is 354 g/mol. The number of aryl methyl sites for hydroxylation is 1. The predicted octanol–water partition coefficient (Wildman–Crippen LogP) is 3.55. The number of H-pyrrole nitrogens is 1. The normalized spacial score (nSPS) is 11.2. The maximum absolute atomic E-state index is 5.58. The van der Waals surface area contributed by atoms with Crippen molar-refractivity contribution in [1.82, 2.24) is 14.9 Å². The van der Waals surface area contributed by atoms with E-state index in [1.807, 2.05) is 32.0 Å². The highest BCUT2D eigenvalue weighted by Crippen LogP contribution is 2.21. The Bertz CT molecular complexity index is 677. The fourth-order valence-electron chi connectivity index (χ4n) is 1.70. The number of nitrogens with one attached hydrogen (secondary N) is 1. The molecule has 0 aliphatic heterocycles. The number of hydrogen-bond donors (Lipinski definition) is 1. The Labute approximate surface area is 130 Å². The van der Waals surface area contributed by atoms with Crippen molar-refractivity contribution in [2.75, 3.05) is 6.61 Å². The molecule has 1 aromatic heterocycles. The largest absolute Gasteiger partial charge is 0.493 e. The van der Waals surface area contributed by atoms with Crippen molar-refractivity contribution in [3.63, 3.8) is 0 Å². The van der Waals surface area contributed by atoms with Crippen LogP contribution in [-0.4, -0.2) is 27.7 Å². The zero-order valence-electron chi connectivity index (χ0n) is 11.3. The smallest absolute Gasteiger partial charge is 0.216 e. The first-order valence-corrected chi connectivity index (χ1v) is 7.48. The van der Waals surface area contributed by atoms with Gasteiger partial charge in [-0.1, -0.05) is 22.9 Å². The van der Waals surface area contributed by atoms with Gasteiger partial charge in [0.05, 0.1) is 12.8 Å². The van der Waals surface area contributed by atoms with Crippen molar-refractivity contribution >= 4 is 34.4 Å². The quantitative estimate of drug-likeness (QED) is 0.659. The van der Waals surface area contributed by atoms with Gasteiger partial charge in [-0.25, -0.2) is 0 Å². The maximum Gasteiger partial charge on any atom is 0.216 e. The van der Waals surface area contributed by atoms with Gasteiger partial charge in [0.1, 0.15) is 5.75 Å². The lowest BCUT2D eigenvalue weighted by Crippen LogP contribution is -2.00. The molecule has 1 N–H and O–H groups in total. The van der Waals surface area contributed by atoms with E-state index in [9.17, 15) is 0 Å². The van der Waals surface area contributed by atoms with Gasteiger partial charge in [0.25, 0.3) is 0 Å². The Hall–Kier alpha value is -1.47. The Morgan fingerprint density at radius 2 is 2.30 bits per heavy atom. The van der Waals surface area contributed by atoms with Crippen LogP contribution in [0.1, 0.15) is 25.2 Å². The van der Waals surface area contributed by atoms with Crippen LogP contribution < -0.4 is 4.74 Å². The lowest BCUT2D eigenvalue weighted by molar-refractivity contribution is 0.339. The summed E-state index contributed by atoms with van der Waals surface area (Å²) in [4.78, 5) is 0. The van der Waals surface area contributed by atoms with E-state index in [0.717, 1.165) is 28.0 Å². The first kappa shape index (κ1) is 14.9. The number of aromatic nitrogens is 3. The van der Waals surface area contributed by atoms with Crippen LogP contribution in [0.25, 0.3) is 0 Å². The SMILES string of the molecule is CCOc1ccc(Br)cc1/C=N/n1c(CC)n[nH]c1=S. The molecule has 0 fully saturated rings. The van der Waals surface area contributed by atoms with Crippen molar-refractivity contribution in [1.29, 1.82) is 0 Å². The molecule has 106 valence electrons. The van der Waals surface area contributed by atoms with Crippen LogP contribution in [0.2, 0.25) is 0 Å². The molecule has 0 spiro atoms. The molecule has 7 heteroatoms. The van der Waals surface area contributed by atoms with Crippen LogP contribution >= 0.6 is 28.1 Å². The lowest BCUT2D eigenvalue weighted by atomic mass is 10.2. The Morgan fingerprint density at radius 3 is 3.00 bits per heavy atom. The van der Waals surface area contributed by atoms with E-state index in [2.05, 4.69) is 31.2 Å². The second-order valence-electron chi connectivity index (χ2n) is 3.97. The zero-order chi connectivity index (χ0) is 14.5. The molecule has 2 rings (SSSR count). The summed E-state index contributed by atoms with van der Waals surface area (Å²) >= 11 is 8.60. The Kier molecular flexibility index (Phi) is 5.08. The minimum atomic E-state index is 0.478. The third kappa shape index (κ3) is 3.34. The molecule has 0 saturated carbocycles. The van der Waals surface area contributed by atoms with E-state index < -0.39 is 0 Å². The van der Waals surface area contributed by atoms with E-state index in [4.69, 9.17) is 17.0 Å². The molecule has 0 aliphatic carbocycles. The van der Waals surface area contributed by atoms with Gasteiger partial charge in [-0.15, -0.1) is 0 Å². The van der Waals surface area contributed by atoms with E-state index in [-0.39, 0.29) is 0 Å². The molecule has 0 aliphatic rings. The lowest BCUT2D eigenvalue weighted by Gasteiger charge is -2.07. The van der Waals surface area contributed by atoms with Crippen LogP contribution in [-0.2, 0) is 6.42 Å². The third-order valence-electron chi connectivity index (χ3n) is 2.62. The first-order valence-electron chi connectivity index (χ1n) is 6.28. The van der Waals surface area contributed by atoms with Gasteiger partial charge < -0.3 is 4.74 Å². The maximum atomic E-state index is 5.58. The van der Waals surface area contributed by atoms with Gasteiger partial charge in [-0.2, -0.15) is 14.9 Å².